The number of nitrogen functional groups attached to an aromatic ring is 1. The molecule has 0 amide bonds. The van der Waals surface area contributed by atoms with Crippen molar-refractivity contribution in [1.29, 1.82) is 0 Å². The molecule has 0 bridgehead atoms. The van der Waals surface area contributed by atoms with Gasteiger partial charge in [0.1, 0.15) is 11.6 Å². The van der Waals surface area contributed by atoms with Crippen LogP contribution in [-0.2, 0) is 4.74 Å². The van der Waals surface area contributed by atoms with Crippen molar-refractivity contribution in [3.05, 3.63) is 47.9 Å². The monoisotopic (exact) mass is 262 g/mol. The molecule has 0 unspecified atom stereocenters. The van der Waals surface area contributed by atoms with Gasteiger partial charge in [-0.25, -0.2) is 14.2 Å². The van der Waals surface area contributed by atoms with Crippen LogP contribution in [0.5, 0.6) is 11.6 Å². The minimum Gasteiger partial charge on any atom is -0.465 e. The van der Waals surface area contributed by atoms with Crippen LogP contribution in [0, 0.1) is 5.82 Å². The minimum absolute atomic E-state index is 0.125. The molecule has 6 heteroatoms. The van der Waals surface area contributed by atoms with Gasteiger partial charge in [-0.15, -0.1) is 0 Å². The molecular weight excluding hydrogens is 251 g/mol. The van der Waals surface area contributed by atoms with Gasteiger partial charge in [0.15, 0.2) is 0 Å². The van der Waals surface area contributed by atoms with E-state index in [1.165, 1.54) is 37.6 Å². The highest BCUT2D eigenvalue weighted by Gasteiger charge is 2.12. The van der Waals surface area contributed by atoms with Crippen molar-refractivity contribution in [2.45, 2.75) is 0 Å². The van der Waals surface area contributed by atoms with E-state index in [2.05, 4.69) is 9.72 Å². The van der Waals surface area contributed by atoms with Crippen molar-refractivity contribution in [3.63, 3.8) is 0 Å². The van der Waals surface area contributed by atoms with Gasteiger partial charge in [-0.1, -0.05) is 6.07 Å². The molecule has 0 atom stereocenters. The number of rotatable bonds is 3. The second-order valence-electron chi connectivity index (χ2n) is 3.66. The summed E-state index contributed by atoms with van der Waals surface area (Å²) in [6.45, 7) is 0. The van der Waals surface area contributed by atoms with Crippen LogP contribution in [0.1, 0.15) is 10.4 Å². The average molecular weight is 262 g/mol. The zero-order chi connectivity index (χ0) is 13.8. The second-order valence-corrected chi connectivity index (χ2v) is 3.66. The largest absolute Gasteiger partial charge is 0.465 e. The van der Waals surface area contributed by atoms with Gasteiger partial charge in [-0.3, -0.25) is 0 Å². The molecule has 1 aromatic heterocycles. The lowest BCUT2D eigenvalue weighted by Crippen LogP contribution is -2.06. The van der Waals surface area contributed by atoms with Crippen molar-refractivity contribution in [1.82, 2.24) is 4.98 Å². The number of pyridine rings is 1. The molecule has 2 aromatic rings. The molecule has 1 aromatic carbocycles. The Hall–Kier alpha value is -2.63. The van der Waals surface area contributed by atoms with Gasteiger partial charge in [0.2, 0.25) is 5.88 Å². The summed E-state index contributed by atoms with van der Waals surface area (Å²) in [6, 6.07) is 6.91. The summed E-state index contributed by atoms with van der Waals surface area (Å²) < 4.78 is 22.9. The average Bonchev–Trinajstić information content (AvgIpc) is 2.40. The van der Waals surface area contributed by atoms with Crippen molar-refractivity contribution in [2.75, 3.05) is 12.8 Å². The maximum atomic E-state index is 13.0. The number of halogens is 1. The molecule has 0 saturated carbocycles. The third kappa shape index (κ3) is 2.98. The van der Waals surface area contributed by atoms with Crippen molar-refractivity contribution in [3.8, 4) is 11.6 Å². The number of nitrogens with two attached hydrogens (primary N) is 1. The van der Waals surface area contributed by atoms with E-state index >= 15 is 0 Å². The van der Waals surface area contributed by atoms with E-state index in [4.69, 9.17) is 10.5 Å². The van der Waals surface area contributed by atoms with Gasteiger partial charge < -0.3 is 15.2 Å². The molecule has 0 aliphatic heterocycles. The Morgan fingerprint density at radius 3 is 2.84 bits per heavy atom. The first-order chi connectivity index (χ1) is 9.10. The van der Waals surface area contributed by atoms with Crippen molar-refractivity contribution < 1.29 is 18.7 Å². The van der Waals surface area contributed by atoms with Gasteiger partial charge in [-0.05, 0) is 12.1 Å². The number of anilines is 1. The van der Waals surface area contributed by atoms with Gasteiger partial charge in [0.25, 0.3) is 0 Å². The zero-order valence-corrected chi connectivity index (χ0v) is 10.1. The first-order valence-corrected chi connectivity index (χ1v) is 5.37. The fourth-order valence-corrected chi connectivity index (χ4v) is 1.44. The first kappa shape index (κ1) is 12.8. The number of methoxy groups -OCH3 is 1. The second kappa shape index (κ2) is 5.34. The molecule has 98 valence electrons. The van der Waals surface area contributed by atoms with E-state index in [-0.39, 0.29) is 22.9 Å². The fraction of sp³-hybridized carbons (Fsp3) is 0.0769. The Kier molecular flexibility index (Phi) is 3.61. The molecule has 2 N–H and O–H groups in total. The van der Waals surface area contributed by atoms with Crippen LogP contribution in [-0.4, -0.2) is 18.1 Å². The molecule has 0 radical (unpaired) electrons. The standard InChI is InChI=1S/C13H11FN2O3/c1-18-13(17)10-6-12(16-7-11(10)15)19-9-4-2-3-8(14)5-9/h2-7H,15H2,1H3. The summed E-state index contributed by atoms with van der Waals surface area (Å²) in [4.78, 5) is 15.4. The molecule has 0 fully saturated rings. The quantitative estimate of drug-likeness (QED) is 0.859. The van der Waals surface area contributed by atoms with Gasteiger partial charge >= 0.3 is 5.97 Å². The van der Waals surface area contributed by atoms with Crippen LogP contribution < -0.4 is 10.5 Å². The summed E-state index contributed by atoms with van der Waals surface area (Å²) in [5, 5.41) is 0. The van der Waals surface area contributed by atoms with Crippen LogP contribution in [0.15, 0.2) is 36.5 Å². The zero-order valence-electron chi connectivity index (χ0n) is 10.1. The van der Waals surface area contributed by atoms with Crippen molar-refractivity contribution >= 4 is 11.7 Å². The molecule has 1 heterocycles. The minimum atomic E-state index is -0.594. The lowest BCUT2D eigenvalue weighted by atomic mass is 10.2. The third-order valence-corrected chi connectivity index (χ3v) is 2.33. The molecule has 0 aliphatic carbocycles. The highest BCUT2D eigenvalue weighted by atomic mass is 19.1. The third-order valence-electron chi connectivity index (χ3n) is 2.33. The Morgan fingerprint density at radius 2 is 2.16 bits per heavy atom. The molecule has 0 saturated heterocycles. The van der Waals surface area contributed by atoms with E-state index in [1.54, 1.807) is 6.07 Å². The lowest BCUT2D eigenvalue weighted by Gasteiger charge is -2.07. The van der Waals surface area contributed by atoms with E-state index in [9.17, 15) is 9.18 Å². The van der Waals surface area contributed by atoms with E-state index < -0.39 is 11.8 Å². The summed E-state index contributed by atoms with van der Waals surface area (Å²) >= 11 is 0. The Labute approximate surface area is 108 Å². The van der Waals surface area contributed by atoms with Crippen LogP contribution in [0.25, 0.3) is 0 Å². The topological polar surface area (TPSA) is 74.4 Å². The molecule has 5 nitrogen and oxygen atoms in total. The number of esters is 1. The van der Waals surface area contributed by atoms with Crippen molar-refractivity contribution in [2.24, 2.45) is 0 Å². The SMILES string of the molecule is COC(=O)c1cc(Oc2cccc(F)c2)ncc1N. The summed E-state index contributed by atoms with van der Waals surface area (Å²) in [5.74, 6) is -0.626. The Morgan fingerprint density at radius 1 is 1.37 bits per heavy atom. The van der Waals surface area contributed by atoms with Gasteiger partial charge in [-0.2, -0.15) is 0 Å². The van der Waals surface area contributed by atoms with E-state index in [0.717, 1.165) is 0 Å². The van der Waals surface area contributed by atoms with E-state index in [0.29, 0.717) is 0 Å². The molecule has 0 aliphatic rings. The number of benzene rings is 1. The normalized spacial score (nSPS) is 10.0. The number of carbonyl (C=O) groups is 1. The number of ether oxygens (including phenoxy) is 2. The van der Waals surface area contributed by atoms with E-state index in [1.807, 2.05) is 0 Å². The predicted octanol–water partition coefficient (Wildman–Crippen LogP) is 2.38. The highest BCUT2D eigenvalue weighted by Crippen LogP contribution is 2.23. The number of carbonyl (C=O) groups excluding carboxylic acids is 1. The summed E-state index contributed by atoms with van der Waals surface area (Å²) in [5.41, 5.74) is 5.93. The van der Waals surface area contributed by atoms with Crippen LogP contribution in [0.3, 0.4) is 0 Å². The smallest absolute Gasteiger partial charge is 0.340 e. The predicted molar refractivity (Wildman–Crippen MR) is 66.5 cm³/mol. The van der Waals surface area contributed by atoms with Gasteiger partial charge in [0.05, 0.1) is 24.6 Å². The van der Waals surface area contributed by atoms with Crippen LogP contribution in [0.4, 0.5) is 10.1 Å². The van der Waals surface area contributed by atoms with Crippen LogP contribution in [0.2, 0.25) is 0 Å². The maximum Gasteiger partial charge on any atom is 0.340 e. The summed E-state index contributed by atoms with van der Waals surface area (Å²) in [7, 11) is 1.25. The first-order valence-electron chi connectivity index (χ1n) is 5.37. The number of nitrogens with zero attached hydrogens (tertiary/aromatic N) is 1. The maximum absolute atomic E-state index is 13.0. The number of hydrogen-bond donors (Lipinski definition) is 1. The Bertz CT molecular complexity index is 617. The van der Waals surface area contributed by atoms with Crippen LogP contribution >= 0.6 is 0 Å². The highest BCUT2D eigenvalue weighted by molar-refractivity contribution is 5.95. The van der Waals surface area contributed by atoms with Gasteiger partial charge in [0, 0.05) is 12.1 Å². The Balaban J connectivity index is 2.29. The molecule has 0 spiro atoms. The fourth-order valence-electron chi connectivity index (χ4n) is 1.44. The molecular formula is C13H11FN2O3. The number of hydrogen-bond acceptors (Lipinski definition) is 5. The lowest BCUT2D eigenvalue weighted by molar-refractivity contribution is 0.0601. The molecule has 2 rings (SSSR count). The number of aromatic nitrogens is 1. The summed E-state index contributed by atoms with van der Waals surface area (Å²) in [6.07, 6.45) is 1.28. The molecule has 19 heavy (non-hydrogen) atoms.